The van der Waals surface area contributed by atoms with Crippen LogP contribution in [0, 0.1) is 0 Å². The summed E-state index contributed by atoms with van der Waals surface area (Å²) in [7, 11) is 0. The predicted octanol–water partition coefficient (Wildman–Crippen LogP) is 0.470. The van der Waals surface area contributed by atoms with Crippen molar-refractivity contribution in [2.75, 3.05) is 0 Å². The number of rotatable bonds is 0. The average Bonchev–Trinajstić information content (AvgIpc) is 2.57. The summed E-state index contributed by atoms with van der Waals surface area (Å²) in [5, 5.41) is 0. The van der Waals surface area contributed by atoms with Crippen molar-refractivity contribution in [1.29, 1.82) is 0 Å². The van der Waals surface area contributed by atoms with E-state index in [1.54, 1.807) is 6.08 Å². The first-order chi connectivity index (χ1) is 6.68. The third kappa shape index (κ3) is 1.39. The molecule has 0 spiro atoms. The van der Waals surface area contributed by atoms with Crippen LogP contribution in [-0.2, 0) is 9.59 Å². The van der Waals surface area contributed by atoms with E-state index in [0.717, 1.165) is 11.7 Å². The summed E-state index contributed by atoms with van der Waals surface area (Å²) < 4.78 is 7.87. The normalized spacial score (nSPS) is 17.2. The van der Waals surface area contributed by atoms with Crippen LogP contribution < -0.4 is 0 Å². The number of hydrogen-bond donors (Lipinski definition) is 0. The molecule has 70 valence electrons. The minimum Gasteiger partial charge on any atom is -0.287 e. The highest BCUT2D eigenvalue weighted by Gasteiger charge is 2.23. The molecule has 0 fully saturated rings. The molecule has 0 aliphatic heterocycles. The van der Waals surface area contributed by atoms with Gasteiger partial charge in [0.05, 0.1) is 11.7 Å². The van der Waals surface area contributed by atoms with Gasteiger partial charge in [-0.1, -0.05) is 0 Å². The van der Waals surface area contributed by atoms with E-state index in [1.165, 1.54) is 13.0 Å². The first-order valence-electron chi connectivity index (χ1n) is 3.83. The van der Waals surface area contributed by atoms with Crippen LogP contribution in [0.1, 0.15) is 18.3 Å². The number of carbonyl (C=O) groups excluding carboxylic acids is 2. The van der Waals surface area contributed by atoms with Gasteiger partial charge < -0.3 is 0 Å². The monoisotopic (exact) mass is 207 g/mol. The van der Waals surface area contributed by atoms with Crippen molar-refractivity contribution in [1.82, 2.24) is 8.75 Å². The fourth-order valence-electron chi connectivity index (χ4n) is 1.08. The minimum absolute atomic E-state index is 0.0868. The van der Waals surface area contributed by atoms with E-state index in [2.05, 4.69) is 13.7 Å². The molecule has 0 saturated carbocycles. The van der Waals surface area contributed by atoms with Crippen molar-refractivity contribution in [3.05, 3.63) is 17.5 Å². The Morgan fingerprint density at radius 1 is 1.43 bits per heavy atom. The molecule has 0 saturated heterocycles. The highest BCUT2D eigenvalue weighted by molar-refractivity contribution is 6.99. The summed E-state index contributed by atoms with van der Waals surface area (Å²) in [4.78, 5) is 25.8. The predicted molar refractivity (Wildman–Crippen MR) is 51.2 cm³/mol. The number of ketones is 1. The van der Waals surface area contributed by atoms with Crippen molar-refractivity contribution in [2.45, 2.75) is 6.92 Å². The summed E-state index contributed by atoms with van der Waals surface area (Å²) >= 11 is 0.993. The number of nitrogens with zero attached hydrogens (tertiary/aromatic N) is 3. The van der Waals surface area contributed by atoms with Gasteiger partial charge in [-0.15, -0.1) is 0 Å². The van der Waals surface area contributed by atoms with E-state index in [0.29, 0.717) is 11.4 Å². The Kier molecular flexibility index (Phi) is 2.05. The molecule has 0 unspecified atom stereocenters. The lowest BCUT2D eigenvalue weighted by atomic mass is 10.0. The van der Waals surface area contributed by atoms with E-state index in [1.807, 2.05) is 0 Å². The number of hydrogen-bond acceptors (Lipinski definition) is 5. The van der Waals surface area contributed by atoms with Gasteiger partial charge in [-0.05, 0) is 12.2 Å². The molecule has 5 nitrogen and oxygen atoms in total. The van der Waals surface area contributed by atoms with Gasteiger partial charge in [-0.3, -0.25) is 9.59 Å². The molecular formula is C8H5N3O2S. The lowest BCUT2D eigenvalue weighted by Gasteiger charge is -2.02. The molecule has 1 aliphatic carbocycles. The van der Waals surface area contributed by atoms with Crippen LogP contribution in [0.2, 0.25) is 0 Å². The summed E-state index contributed by atoms with van der Waals surface area (Å²) in [5.74, 6) is -0.719. The van der Waals surface area contributed by atoms with Crippen LogP contribution >= 0.6 is 11.7 Å². The second-order valence-corrected chi connectivity index (χ2v) is 3.20. The summed E-state index contributed by atoms with van der Waals surface area (Å²) in [5.41, 5.74) is 1.08. The molecular weight excluding hydrogens is 202 g/mol. The standard InChI is InChI=1S/C8H5N3O2S/c1-4(12)9-8-6(13)3-2-5-7(8)11-14-10-5/h2-3H,1H3. The molecule has 1 aromatic rings. The van der Waals surface area contributed by atoms with Crippen LogP contribution in [0.15, 0.2) is 11.1 Å². The lowest BCUT2D eigenvalue weighted by Crippen LogP contribution is -2.19. The molecule has 0 radical (unpaired) electrons. The van der Waals surface area contributed by atoms with E-state index in [-0.39, 0.29) is 11.5 Å². The molecule has 0 atom stereocenters. The van der Waals surface area contributed by atoms with Crippen LogP contribution in [0.3, 0.4) is 0 Å². The van der Waals surface area contributed by atoms with Crippen molar-refractivity contribution >= 4 is 35.2 Å². The Hall–Kier alpha value is -1.69. The summed E-state index contributed by atoms with van der Waals surface area (Å²) in [6.07, 6.45) is 2.91. The molecule has 1 aliphatic rings. The van der Waals surface area contributed by atoms with Gasteiger partial charge in [0, 0.05) is 6.92 Å². The third-order valence-corrected chi connectivity index (χ3v) is 2.18. The van der Waals surface area contributed by atoms with Gasteiger partial charge in [-0.2, -0.15) is 8.75 Å². The number of aromatic nitrogens is 2. The third-order valence-electron chi connectivity index (χ3n) is 1.63. The van der Waals surface area contributed by atoms with Crippen LogP contribution in [0.4, 0.5) is 0 Å². The molecule has 1 heterocycles. The second-order valence-electron chi connectivity index (χ2n) is 2.68. The average molecular weight is 207 g/mol. The Morgan fingerprint density at radius 2 is 2.21 bits per heavy atom. The fraction of sp³-hybridized carbons (Fsp3) is 0.125. The molecule has 0 aromatic carbocycles. The van der Waals surface area contributed by atoms with Crippen LogP contribution in [0.5, 0.6) is 0 Å². The maximum absolute atomic E-state index is 11.4. The molecule has 1 amide bonds. The zero-order valence-corrected chi connectivity index (χ0v) is 8.04. The smallest absolute Gasteiger partial charge is 0.243 e. The largest absolute Gasteiger partial charge is 0.287 e. The Morgan fingerprint density at radius 3 is 2.93 bits per heavy atom. The quantitative estimate of drug-likeness (QED) is 0.620. The van der Waals surface area contributed by atoms with Gasteiger partial charge in [0.15, 0.2) is 0 Å². The number of carbonyl (C=O) groups is 2. The maximum Gasteiger partial charge on any atom is 0.243 e. The maximum atomic E-state index is 11.4. The molecule has 2 rings (SSSR count). The lowest BCUT2D eigenvalue weighted by molar-refractivity contribution is -0.116. The van der Waals surface area contributed by atoms with E-state index >= 15 is 0 Å². The highest BCUT2D eigenvalue weighted by Crippen LogP contribution is 2.15. The first kappa shape index (κ1) is 8.89. The van der Waals surface area contributed by atoms with Crippen molar-refractivity contribution in [2.24, 2.45) is 4.99 Å². The number of allylic oxidation sites excluding steroid dienone is 1. The van der Waals surface area contributed by atoms with E-state index in [9.17, 15) is 9.59 Å². The molecule has 1 aromatic heterocycles. The van der Waals surface area contributed by atoms with Gasteiger partial charge >= 0.3 is 0 Å². The summed E-state index contributed by atoms with van der Waals surface area (Å²) in [6.45, 7) is 1.29. The van der Waals surface area contributed by atoms with E-state index in [4.69, 9.17) is 0 Å². The Balaban J connectivity index is 2.58. The number of fused-ring (bicyclic) bond motifs is 1. The van der Waals surface area contributed by atoms with Gasteiger partial charge in [-0.25, -0.2) is 4.99 Å². The molecule has 6 heteroatoms. The van der Waals surface area contributed by atoms with Crippen LogP contribution in [-0.4, -0.2) is 26.1 Å². The van der Waals surface area contributed by atoms with Crippen molar-refractivity contribution in [3.63, 3.8) is 0 Å². The highest BCUT2D eigenvalue weighted by atomic mass is 32.1. The number of amides is 1. The zero-order chi connectivity index (χ0) is 10.1. The second kappa shape index (κ2) is 3.22. The zero-order valence-electron chi connectivity index (χ0n) is 7.22. The van der Waals surface area contributed by atoms with Gasteiger partial charge in [0.25, 0.3) is 0 Å². The molecule has 0 bridgehead atoms. The van der Waals surface area contributed by atoms with Crippen LogP contribution in [0.25, 0.3) is 6.08 Å². The Bertz CT molecular complexity index is 473. The minimum atomic E-state index is -0.414. The Labute approximate surface area is 83.5 Å². The SMILES string of the molecule is CC(=O)N=C1C(=O)C=Cc2nsnc21. The van der Waals surface area contributed by atoms with Crippen molar-refractivity contribution in [3.8, 4) is 0 Å². The fourth-order valence-corrected chi connectivity index (χ4v) is 1.62. The van der Waals surface area contributed by atoms with Crippen molar-refractivity contribution < 1.29 is 9.59 Å². The van der Waals surface area contributed by atoms with Gasteiger partial charge in [0.2, 0.25) is 11.7 Å². The van der Waals surface area contributed by atoms with Gasteiger partial charge in [0.1, 0.15) is 17.1 Å². The van der Waals surface area contributed by atoms with E-state index < -0.39 is 5.91 Å². The molecule has 0 N–H and O–H groups in total. The molecule has 14 heavy (non-hydrogen) atoms. The first-order valence-corrected chi connectivity index (χ1v) is 4.56. The topological polar surface area (TPSA) is 72.3 Å². The summed E-state index contributed by atoms with van der Waals surface area (Å²) in [6, 6.07) is 0. The number of aliphatic imine (C=N–C) groups is 1.